The van der Waals surface area contributed by atoms with Gasteiger partial charge in [-0.15, -0.1) is 0 Å². The average molecular weight is 270 g/mol. The van der Waals surface area contributed by atoms with Gasteiger partial charge in [-0.1, -0.05) is 66.7 Å². The van der Waals surface area contributed by atoms with Gasteiger partial charge in [0.1, 0.15) is 0 Å². The summed E-state index contributed by atoms with van der Waals surface area (Å²) in [6.45, 7) is 0. The van der Waals surface area contributed by atoms with Crippen molar-refractivity contribution < 1.29 is 0 Å². The fraction of sp³-hybridized carbons (Fsp3) is 0.0526. The van der Waals surface area contributed by atoms with Crippen LogP contribution in [0.5, 0.6) is 0 Å². The highest BCUT2D eigenvalue weighted by molar-refractivity contribution is 5.65. The minimum absolute atomic E-state index is 0.310. The van der Waals surface area contributed by atoms with Crippen LogP contribution >= 0.6 is 0 Å². The highest BCUT2D eigenvalue weighted by Crippen LogP contribution is 2.31. The van der Waals surface area contributed by atoms with Crippen LogP contribution in [0.25, 0.3) is 11.3 Å². The number of benzene rings is 2. The summed E-state index contributed by atoms with van der Waals surface area (Å²) in [5.41, 5.74) is 3.83. The number of nitrogens with zero attached hydrogens (tertiary/aromatic N) is 2. The van der Waals surface area contributed by atoms with Crippen molar-refractivity contribution in [3.05, 3.63) is 90.1 Å². The van der Waals surface area contributed by atoms with E-state index in [4.69, 9.17) is 0 Å². The van der Waals surface area contributed by atoms with Crippen molar-refractivity contribution in [2.24, 2.45) is 0 Å². The number of rotatable bonds is 3. The lowest BCUT2D eigenvalue weighted by atomic mass is 9.89. The zero-order valence-corrected chi connectivity index (χ0v) is 11.5. The van der Waals surface area contributed by atoms with Crippen LogP contribution in [0.15, 0.2) is 79.0 Å². The van der Waals surface area contributed by atoms with Crippen LogP contribution in [0.1, 0.15) is 17.0 Å². The largest absolute Gasteiger partial charge is 0.256 e. The molecule has 0 bridgehead atoms. The monoisotopic (exact) mass is 270 g/mol. The van der Waals surface area contributed by atoms with Gasteiger partial charge in [-0.05, 0) is 11.6 Å². The first-order chi connectivity index (χ1) is 10.4. The topological polar surface area (TPSA) is 36.7 Å². The van der Waals surface area contributed by atoms with Crippen LogP contribution in [0.3, 0.4) is 0 Å². The summed E-state index contributed by atoms with van der Waals surface area (Å²) >= 11 is 0. The molecule has 0 saturated heterocycles. The zero-order valence-electron chi connectivity index (χ0n) is 11.5. The Hall–Kier alpha value is -2.92. The van der Waals surface area contributed by atoms with Crippen LogP contribution in [-0.4, -0.2) is 4.98 Å². The molecule has 0 N–H and O–H groups in total. The van der Waals surface area contributed by atoms with E-state index in [1.807, 2.05) is 72.8 Å². The molecule has 0 aliphatic rings. The lowest BCUT2D eigenvalue weighted by Gasteiger charge is -2.14. The second-order valence-corrected chi connectivity index (χ2v) is 4.78. The Morgan fingerprint density at radius 2 is 1.48 bits per heavy atom. The van der Waals surface area contributed by atoms with Crippen molar-refractivity contribution in [2.75, 3.05) is 0 Å². The van der Waals surface area contributed by atoms with Gasteiger partial charge < -0.3 is 0 Å². The molecule has 100 valence electrons. The van der Waals surface area contributed by atoms with E-state index in [9.17, 15) is 5.26 Å². The molecular weight excluding hydrogens is 256 g/mol. The van der Waals surface area contributed by atoms with Crippen molar-refractivity contribution in [1.82, 2.24) is 4.98 Å². The molecule has 0 radical (unpaired) electrons. The fourth-order valence-electron chi connectivity index (χ4n) is 2.46. The van der Waals surface area contributed by atoms with Gasteiger partial charge in [-0.2, -0.15) is 5.26 Å². The Bertz CT molecular complexity index is 758. The first-order valence-corrected chi connectivity index (χ1v) is 6.85. The molecule has 1 aromatic heterocycles. The molecule has 21 heavy (non-hydrogen) atoms. The summed E-state index contributed by atoms with van der Waals surface area (Å²) in [6.07, 6.45) is 1.77. The summed E-state index contributed by atoms with van der Waals surface area (Å²) in [5.74, 6) is -0.310. The minimum atomic E-state index is -0.310. The minimum Gasteiger partial charge on any atom is -0.256 e. The molecule has 3 rings (SSSR count). The van der Waals surface area contributed by atoms with E-state index in [0.717, 1.165) is 22.4 Å². The van der Waals surface area contributed by atoms with Crippen molar-refractivity contribution in [3.8, 4) is 17.3 Å². The van der Waals surface area contributed by atoms with E-state index in [0.29, 0.717) is 0 Å². The van der Waals surface area contributed by atoms with E-state index < -0.39 is 0 Å². The normalized spacial score (nSPS) is 11.6. The molecule has 3 aromatic rings. The van der Waals surface area contributed by atoms with Crippen LogP contribution < -0.4 is 0 Å². The van der Waals surface area contributed by atoms with Gasteiger partial charge in [0.25, 0.3) is 0 Å². The highest BCUT2D eigenvalue weighted by atomic mass is 14.7. The molecule has 0 spiro atoms. The van der Waals surface area contributed by atoms with E-state index in [-0.39, 0.29) is 5.92 Å². The third-order valence-electron chi connectivity index (χ3n) is 3.46. The fourth-order valence-corrected chi connectivity index (χ4v) is 2.46. The van der Waals surface area contributed by atoms with Gasteiger partial charge in [0.05, 0.1) is 17.7 Å². The predicted octanol–water partition coefficient (Wildman–Crippen LogP) is 4.40. The maximum atomic E-state index is 9.63. The van der Waals surface area contributed by atoms with Crippen molar-refractivity contribution in [3.63, 3.8) is 0 Å². The summed E-state index contributed by atoms with van der Waals surface area (Å²) in [4.78, 5) is 4.49. The number of hydrogen-bond acceptors (Lipinski definition) is 2. The first-order valence-electron chi connectivity index (χ1n) is 6.85. The summed E-state index contributed by atoms with van der Waals surface area (Å²) in [5, 5.41) is 9.63. The first kappa shape index (κ1) is 13.1. The number of pyridine rings is 1. The smallest absolute Gasteiger partial charge is 0.0983 e. The van der Waals surface area contributed by atoms with Crippen LogP contribution in [0.2, 0.25) is 0 Å². The Labute approximate surface area is 124 Å². The van der Waals surface area contributed by atoms with Crippen molar-refractivity contribution in [2.45, 2.75) is 5.92 Å². The Balaban J connectivity index is 2.13. The third kappa shape index (κ3) is 2.68. The second kappa shape index (κ2) is 6.02. The maximum absolute atomic E-state index is 9.63. The zero-order chi connectivity index (χ0) is 14.5. The van der Waals surface area contributed by atoms with Crippen LogP contribution in [0, 0.1) is 11.3 Å². The Morgan fingerprint density at radius 3 is 2.14 bits per heavy atom. The summed E-state index contributed by atoms with van der Waals surface area (Å²) in [6, 6.07) is 26.1. The molecule has 0 fully saturated rings. The van der Waals surface area contributed by atoms with E-state index >= 15 is 0 Å². The molecule has 0 aliphatic heterocycles. The molecule has 0 saturated carbocycles. The molecule has 1 atom stereocenters. The summed E-state index contributed by atoms with van der Waals surface area (Å²) in [7, 11) is 0. The van der Waals surface area contributed by atoms with Gasteiger partial charge >= 0.3 is 0 Å². The Morgan fingerprint density at radius 1 is 0.810 bits per heavy atom. The van der Waals surface area contributed by atoms with Crippen molar-refractivity contribution >= 4 is 0 Å². The number of hydrogen-bond donors (Lipinski definition) is 0. The van der Waals surface area contributed by atoms with Crippen LogP contribution in [-0.2, 0) is 0 Å². The average Bonchev–Trinajstić information content (AvgIpc) is 2.58. The number of aromatic nitrogens is 1. The van der Waals surface area contributed by atoms with Crippen molar-refractivity contribution in [1.29, 1.82) is 5.26 Å². The SMILES string of the molecule is N#CC(c1ccccc1)c1cccnc1-c1ccccc1. The van der Waals surface area contributed by atoms with Gasteiger partial charge in [-0.3, -0.25) is 4.98 Å². The summed E-state index contributed by atoms with van der Waals surface area (Å²) < 4.78 is 0. The predicted molar refractivity (Wildman–Crippen MR) is 83.6 cm³/mol. The molecule has 0 amide bonds. The van der Waals surface area contributed by atoms with Gasteiger partial charge in [0.2, 0.25) is 0 Å². The van der Waals surface area contributed by atoms with Gasteiger partial charge in [-0.25, -0.2) is 0 Å². The lowest BCUT2D eigenvalue weighted by molar-refractivity contribution is 1.02. The third-order valence-corrected chi connectivity index (χ3v) is 3.46. The van der Waals surface area contributed by atoms with Crippen LogP contribution in [0.4, 0.5) is 0 Å². The quantitative estimate of drug-likeness (QED) is 0.707. The van der Waals surface area contributed by atoms with Gasteiger partial charge in [0.15, 0.2) is 0 Å². The Kier molecular flexibility index (Phi) is 3.75. The van der Waals surface area contributed by atoms with Gasteiger partial charge in [0, 0.05) is 17.3 Å². The molecule has 0 aliphatic carbocycles. The molecule has 1 unspecified atom stereocenters. The van der Waals surface area contributed by atoms with E-state index in [1.54, 1.807) is 6.20 Å². The standard InChI is InChI=1S/C19H14N2/c20-14-18(15-8-3-1-4-9-15)17-12-7-13-21-19(17)16-10-5-2-6-11-16/h1-13,18H. The highest BCUT2D eigenvalue weighted by Gasteiger charge is 2.18. The molecule has 2 heteroatoms. The molecular formula is C19H14N2. The molecule has 2 nitrogen and oxygen atoms in total. The van der Waals surface area contributed by atoms with E-state index in [1.165, 1.54) is 0 Å². The lowest BCUT2D eigenvalue weighted by Crippen LogP contribution is -2.02. The maximum Gasteiger partial charge on any atom is 0.0983 e. The van der Waals surface area contributed by atoms with E-state index in [2.05, 4.69) is 11.1 Å². The molecule has 1 heterocycles. The molecule has 2 aromatic carbocycles. The number of nitriles is 1. The second-order valence-electron chi connectivity index (χ2n) is 4.78.